The number of H-pyrrole nitrogens is 1. The van der Waals surface area contributed by atoms with Crippen LogP contribution < -0.4 is 10.6 Å². The van der Waals surface area contributed by atoms with Gasteiger partial charge in [-0.1, -0.05) is 6.07 Å². The summed E-state index contributed by atoms with van der Waals surface area (Å²) in [5.41, 5.74) is 4.29. The number of benzene rings is 2. The van der Waals surface area contributed by atoms with Gasteiger partial charge in [0.05, 0.1) is 0 Å². The molecule has 0 amide bonds. The molecule has 1 fully saturated rings. The molecule has 1 aliphatic heterocycles. The molecule has 3 heterocycles. The molecular formula is C25H28N6S. The van der Waals surface area contributed by atoms with E-state index >= 15 is 0 Å². The highest BCUT2D eigenvalue weighted by atomic mass is 32.2. The number of aromatic amines is 1. The largest absolute Gasteiger partial charge is 0.359 e. The summed E-state index contributed by atoms with van der Waals surface area (Å²) < 4.78 is 0. The first kappa shape index (κ1) is 20.8. The summed E-state index contributed by atoms with van der Waals surface area (Å²) in [5, 5.41) is 7.91. The Bertz CT molecular complexity index is 1200. The first-order valence-corrected chi connectivity index (χ1v) is 12.1. The third-order valence-electron chi connectivity index (χ3n) is 5.65. The van der Waals surface area contributed by atoms with E-state index in [2.05, 4.69) is 85.9 Å². The first-order chi connectivity index (χ1) is 15.7. The van der Waals surface area contributed by atoms with Crippen LogP contribution in [0.25, 0.3) is 10.9 Å². The van der Waals surface area contributed by atoms with Crippen LogP contribution in [0.2, 0.25) is 0 Å². The summed E-state index contributed by atoms with van der Waals surface area (Å²) in [7, 11) is 0. The number of likely N-dealkylation sites (tertiary alicyclic amines) is 1. The minimum atomic E-state index is 0.577. The van der Waals surface area contributed by atoms with Crippen LogP contribution in [0.1, 0.15) is 18.5 Å². The van der Waals surface area contributed by atoms with Crippen molar-refractivity contribution in [3.8, 4) is 0 Å². The zero-order valence-electron chi connectivity index (χ0n) is 18.3. The Balaban J connectivity index is 1.22. The minimum Gasteiger partial charge on any atom is -0.359 e. The van der Waals surface area contributed by atoms with E-state index in [0.717, 1.165) is 40.7 Å². The lowest BCUT2D eigenvalue weighted by atomic mass is 10.2. The second-order valence-corrected chi connectivity index (χ2v) is 9.36. The van der Waals surface area contributed by atoms with E-state index < -0.39 is 0 Å². The van der Waals surface area contributed by atoms with E-state index in [4.69, 9.17) is 0 Å². The number of fused-ring (bicyclic) bond motifs is 1. The number of aromatic nitrogens is 3. The van der Waals surface area contributed by atoms with Crippen molar-refractivity contribution in [2.45, 2.75) is 24.7 Å². The standard InChI is InChI=1S/C25H28N6S/c1-18-15-19-16-21(7-8-23(19)27-18)28-24-9-10-26-25(30-24)29-20-5-4-6-22(17-20)32-14-13-31-11-2-3-12-31/h4-10,15-17,27H,2-3,11-14H2,1H3,(H2,26,28,29,30). The summed E-state index contributed by atoms with van der Waals surface area (Å²) in [6.45, 7) is 5.73. The predicted octanol–water partition coefficient (Wildman–Crippen LogP) is 5.94. The average Bonchev–Trinajstić information content (AvgIpc) is 3.43. The van der Waals surface area contributed by atoms with Crippen LogP contribution in [0.4, 0.5) is 23.1 Å². The van der Waals surface area contributed by atoms with Crippen molar-refractivity contribution in [1.29, 1.82) is 0 Å². The molecule has 5 rings (SSSR count). The molecule has 3 N–H and O–H groups in total. The number of hydrogen-bond donors (Lipinski definition) is 3. The van der Waals surface area contributed by atoms with Crippen LogP contribution in [0.5, 0.6) is 0 Å². The van der Waals surface area contributed by atoms with Crippen molar-refractivity contribution >= 4 is 45.8 Å². The van der Waals surface area contributed by atoms with E-state index in [9.17, 15) is 0 Å². The minimum absolute atomic E-state index is 0.577. The normalized spacial score (nSPS) is 14.2. The van der Waals surface area contributed by atoms with Gasteiger partial charge in [-0.25, -0.2) is 4.98 Å². The molecule has 0 bridgehead atoms. The Hall–Kier alpha value is -3.03. The average molecular weight is 445 g/mol. The summed E-state index contributed by atoms with van der Waals surface area (Å²) in [6.07, 6.45) is 4.46. The molecule has 0 atom stereocenters. The highest BCUT2D eigenvalue weighted by Gasteiger charge is 2.10. The number of aryl methyl sites for hydroxylation is 1. The van der Waals surface area contributed by atoms with Gasteiger partial charge >= 0.3 is 0 Å². The van der Waals surface area contributed by atoms with Gasteiger partial charge in [-0.15, -0.1) is 11.8 Å². The van der Waals surface area contributed by atoms with Gasteiger partial charge in [-0.2, -0.15) is 4.98 Å². The Morgan fingerprint density at radius 2 is 1.88 bits per heavy atom. The molecule has 4 aromatic rings. The van der Waals surface area contributed by atoms with E-state index in [0.29, 0.717) is 5.95 Å². The van der Waals surface area contributed by atoms with Crippen LogP contribution >= 0.6 is 11.8 Å². The maximum absolute atomic E-state index is 4.64. The van der Waals surface area contributed by atoms with Crippen molar-refractivity contribution in [3.05, 3.63) is 66.5 Å². The number of nitrogens with one attached hydrogen (secondary N) is 3. The number of hydrogen-bond acceptors (Lipinski definition) is 6. The summed E-state index contributed by atoms with van der Waals surface area (Å²) >= 11 is 1.90. The van der Waals surface area contributed by atoms with Gasteiger partial charge in [0.1, 0.15) is 5.82 Å². The van der Waals surface area contributed by atoms with E-state index in [-0.39, 0.29) is 0 Å². The van der Waals surface area contributed by atoms with Crippen LogP contribution in [0, 0.1) is 6.92 Å². The highest BCUT2D eigenvalue weighted by molar-refractivity contribution is 7.99. The Morgan fingerprint density at radius 3 is 2.78 bits per heavy atom. The molecule has 164 valence electrons. The van der Waals surface area contributed by atoms with Crippen molar-refractivity contribution < 1.29 is 0 Å². The monoisotopic (exact) mass is 444 g/mol. The number of anilines is 4. The molecule has 0 saturated carbocycles. The topological polar surface area (TPSA) is 68.9 Å². The molecule has 0 aliphatic carbocycles. The fourth-order valence-electron chi connectivity index (χ4n) is 4.08. The van der Waals surface area contributed by atoms with Gasteiger partial charge < -0.3 is 20.5 Å². The maximum atomic E-state index is 4.64. The molecular weight excluding hydrogens is 416 g/mol. The Morgan fingerprint density at radius 1 is 1.00 bits per heavy atom. The fourth-order valence-corrected chi connectivity index (χ4v) is 5.05. The van der Waals surface area contributed by atoms with Gasteiger partial charge in [0.2, 0.25) is 5.95 Å². The smallest absolute Gasteiger partial charge is 0.229 e. The van der Waals surface area contributed by atoms with Crippen molar-refractivity contribution in [2.24, 2.45) is 0 Å². The van der Waals surface area contributed by atoms with E-state index in [1.54, 1.807) is 6.20 Å². The molecule has 1 saturated heterocycles. The highest BCUT2D eigenvalue weighted by Crippen LogP contribution is 2.25. The van der Waals surface area contributed by atoms with Gasteiger partial charge in [0.25, 0.3) is 0 Å². The zero-order chi connectivity index (χ0) is 21.8. The summed E-state index contributed by atoms with van der Waals surface area (Å²) in [6, 6.07) is 18.7. The lowest BCUT2D eigenvalue weighted by molar-refractivity contribution is 0.362. The number of thioether (sulfide) groups is 1. The lowest BCUT2D eigenvalue weighted by Crippen LogP contribution is -2.21. The first-order valence-electron chi connectivity index (χ1n) is 11.1. The molecule has 7 heteroatoms. The lowest BCUT2D eigenvalue weighted by Gasteiger charge is -2.14. The summed E-state index contributed by atoms with van der Waals surface area (Å²) in [5.74, 6) is 2.45. The molecule has 0 radical (unpaired) electrons. The predicted molar refractivity (Wildman–Crippen MR) is 134 cm³/mol. The third-order valence-corrected chi connectivity index (χ3v) is 6.62. The van der Waals surface area contributed by atoms with E-state index in [1.165, 1.54) is 36.2 Å². The Labute approximate surface area is 192 Å². The number of nitrogens with zero attached hydrogens (tertiary/aromatic N) is 3. The van der Waals surface area contributed by atoms with Gasteiger partial charge in [0, 0.05) is 51.4 Å². The maximum Gasteiger partial charge on any atom is 0.229 e. The molecule has 32 heavy (non-hydrogen) atoms. The van der Waals surface area contributed by atoms with Crippen molar-refractivity contribution in [1.82, 2.24) is 19.9 Å². The Kier molecular flexibility index (Phi) is 6.27. The van der Waals surface area contributed by atoms with E-state index in [1.807, 2.05) is 17.8 Å². The van der Waals surface area contributed by atoms with Crippen LogP contribution in [-0.4, -0.2) is 45.2 Å². The van der Waals surface area contributed by atoms with Crippen molar-refractivity contribution in [3.63, 3.8) is 0 Å². The third kappa shape index (κ3) is 5.23. The molecule has 6 nitrogen and oxygen atoms in total. The number of rotatable bonds is 8. The van der Waals surface area contributed by atoms with Crippen LogP contribution in [-0.2, 0) is 0 Å². The van der Waals surface area contributed by atoms with Gasteiger partial charge in [0.15, 0.2) is 0 Å². The van der Waals surface area contributed by atoms with Crippen molar-refractivity contribution in [2.75, 3.05) is 36.0 Å². The van der Waals surface area contributed by atoms with Crippen LogP contribution in [0.3, 0.4) is 0 Å². The zero-order valence-corrected chi connectivity index (χ0v) is 19.1. The van der Waals surface area contributed by atoms with Gasteiger partial charge in [-0.05, 0) is 81.4 Å². The molecule has 1 aliphatic rings. The molecule has 2 aromatic carbocycles. The van der Waals surface area contributed by atoms with Gasteiger partial charge in [-0.3, -0.25) is 0 Å². The fraction of sp³-hybridized carbons (Fsp3) is 0.280. The molecule has 0 unspecified atom stereocenters. The summed E-state index contributed by atoms with van der Waals surface area (Å²) in [4.78, 5) is 16.2. The molecule has 2 aromatic heterocycles. The molecule has 0 spiro atoms. The SMILES string of the molecule is Cc1cc2cc(Nc3ccnc(Nc4cccc(SCCN5CCCC5)c4)n3)ccc2[nH]1. The second kappa shape index (κ2) is 9.63. The second-order valence-electron chi connectivity index (χ2n) is 8.19. The van der Waals surface area contributed by atoms with Crippen LogP contribution in [0.15, 0.2) is 65.7 Å². The quantitative estimate of drug-likeness (QED) is 0.292.